The van der Waals surface area contributed by atoms with E-state index in [0.717, 1.165) is 12.1 Å². The second-order valence-corrected chi connectivity index (χ2v) is 4.11. The molecule has 0 bridgehead atoms. The lowest BCUT2D eigenvalue weighted by Crippen LogP contribution is -2.14. The van der Waals surface area contributed by atoms with Crippen molar-refractivity contribution >= 4 is 11.6 Å². The van der Waals surface area contributed by atoms with Crippen molar-refractivity contribution in [2.45, 2.75) is 6.61 Å². The van der Waals surface area contributed by atoms with Crippen LogP contribution in [-0.2, 0) is 6.61 Å². The summed E-state index contributed by atoms with van der Waals surface area (Å²) in [4.78, 5) is 11.3. The van der Waals surface area contributed by atoms with Crippen LogP contribution >= 0.6 is 0 Å². The van der Waals surface area contributed by atoms with Gasteiger partial charge in [-0.3, -0.25) is 4.79 Å². The van der Waals surface area contributed by atoms with Crippen molar-refractivity contribution in [1.82, 2.24) is 0 Å². The Morgan fingerprint density at radius 3 is 2.40 bits per heavy atom. The Bertz CT molecular complexity index is 639. The largest absolute Gasteiger partial charge is 0.488 e. The first kappa shape index (κ1) is 13.8. The Labute approximate surface area is 114 Å². The van der Waals surface area contributed by atoms with Crippen LogP contribution in [0.5, 0.6) is 5.75 Å². The summed E-state index contributed by atoms with van der Waals surface area (Å²) in [6.07, 6.45) is 0. The van der Waals surface area contributed by atoms with Crippen molar-refractivity contribution in [3.8, 4) is 5.75 Å². The van der Waals surface area contributed by atoms with E-state index >= 15 is 0 Å². The zero-order valence-corrected chi connectivity index (χ0v) is 10.4. The number of anilines is 1. The average Bonchev–Trinajstić information content (AvgIpc) is 2.39. The van der Waals surface area contributed by atoms with Crippen molar-refractivity contribution in [1.29, 1.82) is 0 Å². The molecular formula is C14H12F2N2O2. The fourth-order valence-electron chi connectivity index (χ4n) is 1.69. The van der Waals surface area contributed by atoms with E-state index in [9.17, 15) is 13.6 Å². The molecule has 2 rings (SSSR count). The number of nitrogens with two attached hydrogens (primary N) is 2. The Hall–Kier alpha value is -2.63. The van der Waals surface area contributed by atoms with Gasteiger partial charge in [0.2, 0.25) is 0 Å². The number of hydrogen-bond donors (Lipinski definition) is 2. The Morgan fingerprint density at radius 1 is 1.15 bits per heavy atom. The number of rotatable bonds is 4. The lowest BCUT2D eigenvalue weighted by atomic mass is 10.1. The van der Waals surface area contributed by atoms with Gasteiger partial charge in [0, 0.05) is 5.69 Å². The summed E-state index contributed by atoms with van der Waals surface area (Å²) in [5.41, 5.74) is 10.9. The smallest absolute Gasteiger partial charge is 0.252 e. The van der Waals surface area contributed by atoms with E-state index in [-0.39, 0.29) is 23.5 Å². The molecule has 0 atom stereocenters. The van der Waals surface area contributed by atoms with Crippen LogP contribution in [0.3, 0.4) is 0 Å². The topological polar surface area (TPSA) is 78.3 Å². The minimum absolute atomic E-state index is 0.0572. The van der Waals surface area contributed by atoms with Gasteiger partial charge in [-0.15, -0.1) is 0 Å². The molecule has 4 nitrogen and oxygen atoms in total. The highest BCUT2D eigenvalue weighted by atomic mass is 19.1. The highest BCUT2D eigenvalue weighted by Gasteiger charge is 2.13. The number of ether oxygens (including phenoxy) is 1. The molecule has 0 unspecified atom stereocenters. The van der Waals surface area contributed by atoms with E-state index in [1.807, 2.05) is 0 Å². The first-order valence-electron chi connectivity index (χ1n) is 5.74. The highest BCUT2D eigenvalue weighted by Crippen LogP contribution is 2.23. The third kappa shape index (κ3) is 2.85. The van der Waals surface area contributed by atoms with E-state index in [1.165, 1.54) is 24.3 Å². The summed E-state index contributed by atoms with van der Waals surface area (Å²) in [5, 5.41) is 0. The highest BCUT2D eigenvalue weighted by molar-refractivity contribution is 5.96. The Kier molecular flexibility index (Phi) is 3.84. The van der Waals surface area contributed by atoms with Crippen LogP contribution in [0.1, 0.15) is 15.9 Å². The van der Waals surface area contributed by atoms with Gasteiger partial charge in [-0.1, -0.05) is 6.07 Å². The molecular weight excluding hydrogens is 266 g/mol. The number of primary amides is 1. The normalized spacial score (nSPS) is 10.3. The van der Waals surface area contributed by atoms with Crippen LogP contribution in [0.2, 0.25) is 0 Å². The monoisotopic (exact) mass is 278 g/mol. The molecule has 2 aromatic carbocycles. The molecule has 4 N–H and O–H groups in total. The SMILES string of the molecule is NC(=O)c1cc(N)ccc1OCc1c(F)cccc1F. The van der Waals surface area contributed by atoms with Gasteiger partial charge in [-0.05, 0) is 30.3 Å². The molecule has 2 aromatic rings. The third-order valence-electron chi connectivity index (χ3n) is 2.70. The quantitative estimate of drug-likeness (QED) is 0.842. The Balaban J connectivity index is 2.25. The predicted molar refractivity (Wildman–Crippen MR) is 70.1 cm³/mol. The van der Waals surface area contributed by atoms with Gasteiger partial charge in [0.05, 0.1) is 11.1 Å². The molecule has 0 saturated heterocycles. The first-order valence-corrected chi connectivity index (χ1v) is 5.74. The van der Waals surface area contributed by atoms with Crippen LogP contribution in [-0.4, -0.2) is 5.91 Å². The van der Waals surface area contributed by atoms with Gasteiger partial charge in [0.25, 0.3) is 5.91 Å². The number of hydrogen-bond acceptors (Lipinski definition) is 3. The summed E-state index contributed by atoms with van der Waals surface area (Å²) < 4.78 is 32.2. The van der Waals surface area contributed by atoms with Gasteiger partial charge < -0.3 is 16.2 Å². The Morgan fingerprint density at radius 2 is 1.80 bits per heavy atom. The van der Waals surface area contributed by atoms with Crippen molar-refractivity contribution in [3.05, 3.63) is 59.2 Å². The van der Waals surface area contributed by atoms with Crippen LogP contribution in [0.25, 0.3) is 0 Å². The minimum Gasteiger partial charge on any atom is -0.488 e. The molecule has 1 amide bonds. The average molecular weight is 278 g/mol. The van der Waals surface area contributed by atoms with Gasteiger partial charge in [0.1, 0.15) is 24.0 Å². The van der Waals surface area contributed by atoms with Crippen molar-refractivity contribution < 1.29 is 18.3 Å². The standard InChI is InChI=1S/C14H12F2N2O2/c15-11-2-1-3-12(16)10(11)7-20-13-5-4-8(17)6-9(13)14(18)19/h1-6H,7,17H2,(H2,18,19). The zero-order valence-electron chi connectivity index (χ0n) is 10.4. The molecule has 0 aliphatic rings. The maximum atomic E-state index is 13.4. The minimum atomic E-state index is -0.735. The number of carbonyl (C=O) groups excluding carboxylic acids is 1. The van der Waals surface area contributed by atoms with Gasteiger partial charge in [0.15, 0.2) is 0 Å². The van der Waals surface area contributed by atoms with Crippen LogP contribution in [0.4, 0.5) is 14.5 Å². The fraction of sp³-hybridized carbons (Fsp3) is 0.0714. The first-order chi connectivity index (χ1) is 9.49. The van der Waals surface area contributed by atoms with Crippen molar-refractivity contribution in [3.63, 3.8) is 0 Å². The molecule has 0 aliphatic carbocycles. The summed E-state index contributed by atoms with van der Waals surface area (Å²) >= 11 is 0. The molecule has 0 spiro atoms. The third-order valence-corrected chi connectivity index (χ3v) is 2.70. The van der Waals surface area contributed by atoms with E-state index in [1.54, 1.807) is 0 Å². The molecule has 0 fully saturated rings. The molecule has 0 radical (unpaired) electrons. The molecule has 104 valence electrons. The number of benzene rings is 2. The number of nitrogen functional groups attached to an aromatic ring is 1. The zero-order chi connectivity index (χ0) is 14.7. The van der Waals surface area contributed by atoms with Crippen LogP contribution in [0, 0.1) is 11.6 Å². The second-order valence-electron chi connectivity index (χ2n) is 4.11. The van der Waals surface area contributed by atoms with E-state index in [0.29, 0.717) is 5.69 Å². The molecule has 20 heavy (non-hydrogen) atoms. The van der Waals surface area contributed by atoms with Gasteiger partial charge in [-0.25, -0.2) is 8.78 Å². The van der Waals surface area contributed by atoms with Crippen molar-refractivity contribution in [2.24, 2.45) is 5.73 Å². The number of halogens is 2. The molecule has 0 aliphatic heterocycles. The molecule has 0 aromatic heterocycles. The maximum absolute atomic E-state index is 13.4. The summed E-state index contributed by atoms with van der Waals surface area (Å²) in [7, 11) is 0. The lowest BCUT2D eigenvalue weighted by molar-refractivity contribution is 0.0996. The maximum Gasteiger partial charge on any atom is 0.252 e. The molecule has 0 heterocycles. The molecule has 6 heteroatoms. The fourth-order valence-corrected chi connectivity index (χ4v) is 1.69. The predicted octanol–water partition coefficient (Wildman–Crippen LogP) is 2.22. The van der Waals surface area contributed by atoms with Crippen molar-refractivity contribution in [2.75, 3.05) is 5.73 Å². The van der Waals surface area contributed by atoms with E-state index in [4.69, 9.17) is 16.2 Å². The lowest BCUT2D eigenvalue weighted by Gasteiger charge is -2.11. The van der Waals surface area contributed by atoms with E-state index in [2.05, 4.69) is 0 Å². The summed E-state index contributed by atoms with van der Waals surface area (Å²) in [6, 6.07) is 7.77. The van der Waals surface area contributed by atoms with Gasteiger partial charge >= 0.3 is 0 Å². The van der Waals surface area contributed by atoms with Gasteiger partial charge in [-0.2, -0.15) is 0 Å². The van der Waals surface area contributed by atoms with Crippen LogP contribution < -0.4 is 16.2 Å². The van der Waals surface area contributed by atoms with Crippen LogP contribution in [0.15, 0.2) is 36.4 Å². The summed E-state index contributed by atoms with van der Waals surface area (Å²) in [5.74, 6) is -2.06. The second kappa shape index (κ2) is 5.56. The van der Waals surface area contributed by atoms with E-state index < -0.39 is 17.5 Å². The summed E-state index contributed by atoms with van der Waals surface area (Å²) in [6.45, 7) is -0.358. The molecule has 0 saturated carbocycles. The number of carbonyl (C=O) groups is 1. The number of amides is 1.